The lowest BCUT2D eigenvalue weighted by atomic mass is 10.2. The summed E-state index contributed by atoms with van der Waals surface area (Å²) in [5.74, 6) is 0. The Kier molecular flexibility index (Phi) is 2.82. The van der Waals surface area contributed by atoms with E-state index in [2.05, 4.69) is 10.6 Å². The number of rotatable bonds is 2. The highest BCUT2D eigenvalue weighted by atomic mass is 16.5. The van der Waals surface area contributed by atoms with E-state index in [1.54, 1.807) is 24.3 Å². The quantitative estimate of drug-likeness (QED) is 0.421. The van der Waals surface area contributed by atoms with Gasteiger partial charge >= 0.3 is 0 Å². The fourth-order valence-electron chi connectivity index (χ4n) is 0.802. The molecule has 0 aliphatic rings. The molecule has 0 aliphatic heterocycles. The number of benzene rings is 1. The van der Waals surface area contributed by atoms with Crippen molar-refractivity contribution < 1.29 is 4.86 Å². The average Bonchev–Trinajstić information content (AvgIpc) is 2.15. The number of hydrogen-bond donors (Lipinski definition) is 1. The van der Waals surface area contributed by atoms with Crippen molar-refractivity contribution in [3.63, 3.8) is 0 Å². The molecule has 0 saturated heterocycles. The Morgan fingerprint density at radius 3 is 2.85 bits per heavy atom. The van der Waals surface area contributed by atoms with E-state index in [0.717, 1.165) is 0 Å². The van der Waals surface area contributed by atoms with Crippen molar-refractivity contribution in [2.75, 3.05) is 12.5 Å². The van der Waals surface area contributed by atoms with Crippen LogP contribution in [0, 0.1) is 16.5 Å². The summed E-state index contributed by atoms with van der Waals surface area (Å²) in [5, 5.41) is 22.5. The largest absolute Gasteiger partial charge is 0.696 e. The summed E-state index contributed by atoms with van der Waals surface area (Å²) >= 11 is 0. The summed E-state index contributed by atoms with van der Waals surface area (Å²) in [4.78, 5) is 0.383. The van der Waals surface area contributed by atoms with E-state index >= 15 is 0 Å². The number of nitrogens with zero attached hydrogens (tertiary/aromatic N) is 3. The third kappa shape index (κ3) is 2.45. The number of para-hydroxylation sites is 1. The molecule has 0 unspecified atom stereocenters. The molecule has 0 fully saturated rings. The highest BCUT2D eigenvalue weighted by molar-refractivity contribution is 5.56. The van der Waals surface area contributed by atoms with Crippen LogP contribution in [-0.2, 0) is 0 Å². The molecule has 0 atom stereocenters. The fourth-order valence-corrected chi connectivity index (χ4v) is 0.802. The van der Waals surface area contributed by atoms with Crippen LogP contribution in [0.15, 0.2) is 29.5 Å². The molecule has 0 aromatic heterocycles. The van der Waals surface area contributed by atoms with Gasteiger partial charge in [-0.2, -0.15) is 10.1 Å². The molecule has 0 heterocycles. The van der Waals surface area contributed by atoms with Gasteiger partial charge in [0.15, 0.2) is 5.69 Å². The van der Waals surface area contributed by atoms with E-state index in [1.165, 1.54) is 7.05 Å². The maximum atomic E-state index is 10.4. The summed E-state index contributed by atoms with van der Waals surface area (Å²) in [6, 6.07) is 8.78. The molecule has 13 heavy (non-hydrogen) atoms. The van der Waals surface area contributed by atoms with Gasteiger partial charge in [0.2, 0.25) is 0 Å². The second-order valence-electron chi connectivity index (χ2n) is 2.33. The van der Waals surface area contributed by atoms with Gasteiger partial charge in [-0.25, -0.2) is 0 Å². The van der Waals surface area contributed by atoms with Gasteiger partial charge in [0.05, 0.1) is 5.22 Å². The lowest BCUT2D eigenvalue weighted by Crippen LogP contribution is -1.98. The molecule has 1 aromatic carbocycles. The zero-order valence-corrected chi connectivity index (χ0v) is 7.06. The number of hydrogen-bond acceptors (Lipinski definition) is 3. The first-order valence-electron chi connectivity index (χ1n) is 3.60. The van der Waals surface area contributed by atoms with Crippen LogP contribution in [0.5, 0.6) is 0 Å². The predicted octanol–water partition coefficient (Wildman–Crippen LogP) is 1.48. The monoisotopic (exact) mass is 176 g/mol. The molecule has 0 saturated carbocycles. The standard InChI is InChI=1S/C8H8N4O/c1-12(13)11-10-8-5-3-2-4-7(8)6-9/h2-5,10H,1H3/b12-11-. The van der Waals surface area contributed by atoms with Crippen LogP contribution in [0.2, 0.25) is 0 Å². The van der Waals surface area contributed by atoms with Crippen LogP contribution in [0.4, 0.5) is 5.69 Å². The van der Waals surface area contributed by atoms with Crippen molar-refractivity contribution >= 4 is 5.69 Å². The van der Waals surface area contributed by atoms with Crippen LogP contribution in [0.1, 0.15) is 5.56 Å². The SMILES string of the molecule is C/[N+]([O-])=N/Nc1ccccc1C#N. The summed E-state index contributed by atoms with van der Waals surface area (Å²) < 4.78 is 0. The number of hydroxylamine groups is 1. The summed E-state index contributed by atoms with van der Waals surface area (Å²) in [6.07, 6.45) is 0. The lowest BCUT2D eigenvalue weighted by Gasteiger charge is -1.98. The second kappa shape index (κ2) is 4.07. The van der Waals surface area contributed by atoms with Crippen molar-refractivity contribution in [1.82, 2.24) is 0 Å². The molecular weight excluding hydrogens is 168 g/mol. The summed E-state index contributed by atoms with van der Waals surface area (Å²) in [6.45, 7) is 0. The first kappa shape index (κ1) is 9.00. The lowest BCUT2D eigenvalue weighted by molar-refractivity contribution is -0.497. The van der Waals surface area contributed by atoms with Gasteiger partial charge in [0.1, 0.15) is 18.7 Å². The molecule has 1 rings (SSSR count). The van der Waals surface area contributed by atoms with Crippen molar-refractivity contribution in [1.29, 1.82) is 5.26 Å². The Balaban J connectivity index is 2.89. The fraction of sp³-hybridized carbons (Fsp3) is 0.125. The highest BCUT2D eigenvalue weighted by Crippen LogP contribution is 2.12. The molecule has 0 amide bonds. The second-order valence-corrected chi connectivity index (χ2v) is 2.33. The Morgan fingerprint density at radius 2 is 2.23 bits per heavy atom. The van der Waals surface area contributed by atoms with Gasteiger partial charge in [-0.1, -0.05) is 12.1 Å². The minimum atomic E-state index is 0.383. The van der Waals surface area contributed by atoms with Gasteiger partial charge in [-0.15, -0.1) is 5.43 Å². The van der Waals surface area contributed by atoms with Crippen molar-refractivity contribution in [2.24, 2.45) is 5.22 Å². The van der Waals surface area contributed by atoms with E-state index in [-0.39, 0.29) is 0 Å². The Hall–Kier alpha value is -2.09. The topological polar surface area (TPSA) is 74.2 Å². The van der Waals surface area contributed by atoms with Crippen LogP contribution in [0.3, 0.4) is 0 Å². The Morgan fingerprint density at radius 1 is 1.54 bits per heavy atom. The smallest absolute Gasteiger partial charge is 0.164 e. The van der Waals surface area contributed by atoms with E-state index in [1.807, 2.05) is 6.07 Å². The normalized spacial score (nSPS) is 10.6. The van der Waals surface area contributed by atoms with Crippen molar-refractivity contribution in [2.45, 2.75) is 0 Å². The molecule has 0 bridgehead atoms. The van der Waals surface area contributed by atoms with Gasteiger partial charge in [-0.3, -0.25) is 0 Å². The molecule has 0 spiro atoms. The maximum absolute atomic E-state index is 10.4. The Labute approximate surface area is 75.5 Å². The van der Waals surface area contributed by atoms with Crippen LogP contribution in [0.25, 0.3) is 0 Å². The number of nitrogens with one attached hydrogen (secondary N) is 1. The molecule has 5 heteroatoms. The Bertz CT molecular complexity index is 363. The van der Waals surface area contributed by atoms with E-state index in [4.69, 9.17) is 5.26 Å². The summed E-state index contributed by atoms with van der Waals surface area (Å²) in [5.41, 5.74) is 3.45. The van der Waals surface area contributed by atoms with Crippen LogP contribution < -0.4 is 5.43 Å². The van der Waals surface area contributed by atoms with Gasteiger partial charge < -0.3 is 5.21 Å². The maximum Gasteiger partial charge on any atom is 0.164 e. The molecule has 5 nitrogen and oxygen atoms in total. The minimum absolute atomic E-state index is 0.383. The van der Waals surface area contributed by atoms with E-state index < -0.39 is 0 Å². The van der Waals surface area contributed by atoms with E-state index in [9.17, 15) is 5.21 Å². The van der Waals surface area contributed by atoms with Crippen molar-refractivity contribution in [3.8, 4) is 6.07 Å². The first-order valence-corrected chi connectivity index (χ1v) is 3.60. The minimum Gasteiger partial charge on any atom is -0.696 e. The van der Waals surface area contributed by atoms with Crippen LogP contribution >= 0.6 is 0 Å². The van der Waals surface area contributed by atoms with Crippen LogP contribution in [-0.4, -0.2) is 11.9 Å². The number of anilines is 1. The first-order chi connectivity index (χ1) is 6.24. The molecule has 66 valence electrons. The average molecular weight is 176 g/mol. The number of nitriles is 1. The molecule has 0 radical (unpaired) electrons. The zero-order valence-electron chi connectivity index (χ0n) is 7.06. The summed E-state index contributed by atoms with van der Waals surface area (Å²) in [7, 11) is 1.25. The molecule has 1 N–H and O–H groups in total. The third-order valence-electron chi connectivity index (χ3n) is 1.36. The predicted molar refractivity (Wildman–Crippen MR) is 46.8 cm³/mol. The molecular formula is C8H8N4O. The zero-order chi connectivity index (χ0) is 9.68. The third-order valence-corrected chi connectivity index (χ3v) is 1.36. The molecule has 0 aliphatic carbocycles. The molecule has 1 aromatic rings. The highest BCUT2D eigenvalue weighted by Gasteiger charge is 2.02. The van der Waals surface area contributed by atoms with E-state index in [0.29, 0.717) is 16.1 Å². The van der Waals surface area contributed by atoms with Crippen molar-refractivity contribution in [3.05, 3.63) is 35.0 Å². The van der Waals surface area contributed by atoms with Gasteiger partial charge in [0, 0.05) is 0 Å². The van der Waals surface area contributed by atoms with Gasteiger partial charge in [0.25, 0.3) is 0 Å². The van der Waals surface area contributed by atoms with Gasteiger partial charge in [-0.05, 0) is 12.1 Å².